The first-order valence-corrected chi connectivity index (χ1v) is 7.41. The van der Waals surface area contributed by atoms with Gasteiger partial charge in [0.1, 0.15) is 0 Å². The summed E-state index contributed by atoms with van der Waals surface area (Å²) in [7, 11) is 0. The maximum atomic E-state index is 11.8. The number of hydrogen-bond acceptors (Lipinski definition) is 2. The van der Waals surface area contributed by atoms with Crippen LogP contribution >= 0.6 is 0 Å². The molecule has 1 rings (SSSR count). The maximum Gasteiger partial charge on any atom is 0.222 e. The predicted molar refractivity (Wildman–Crippen MR) is 76.1 cm³/mol. The van der Waals surface area contributed by atoms with Crippen molar-refractivity contribution in [3.05, 3.63) is 5.32 Å². The minimum absolute atomic E-state index is 0. The standard InChI is InChI=1S/C14H26N3O2.V/c1-2-3-4-8-16-13(18)6-5-7-14(19)17-11-9-15-10-12-17;/h2-12H2,1H3,(H,16,18);/q-1;. The molecule has 115 valence electrons. The van der Waals surface area contributed by atoms with Gasteiger partial charge >= 0.3 is 0 Å². The van der Waals surface area contributed by atoms with Crippen molar-refractivity contribution in [3.8, 4) is 0 Å². The van der Waals surface area contributed by atoms with Gasteiger partial charge in [0.25, 0.3) is 0 Å². The molecule has 1 heterocycles. The zero-order chi connectivity index (χ0) is 13.9. The molecule has 0 saturated carbocycles. The van der Waals surface area contributed by atoms with Gasteiger partial charge in [0.05, 0.1) is 0 Å². The number of unbranched alkanes of at least 4 members (excludes halogenated alkanes) is 2. The van der Waals surface area contributed by atoms with E-state index in [0.717, 1.165) is 52.0 Å². The monoisotopic (exact) mass is 319 g/mol. The fraction of sp³-hybridized carbons (Fsp3) is 0.857. The van der Waals surface area contributed by atoms with Crippen molar-refractivity contribution in [3.63, 3.8) is 0 Å². The Labute approximate surface area is 134 Å². The Morgan fingerprint density at radius 1 is 1.10 bits per heavy atom. The molecular weight excluding hydrogens is 293 g/mol. The smallest absolute Gasteiger partial charge is 0.222 e. The number of hydrogen-bond donors (Lipinski definition) is 1. The van der Waals surface area contributed by atoms with Crippen molar-refractivity contribution in [1.29, 1.82) is 0 Å². The number of rotatable bonds is 8. The fourth-order valence-corrected chi connectivity index (χ4v) is 2.11. The third-order valence-electron chi connectivity index (χ3n) is 3.31. The molecular formula is C14H26N3O2V-. The van der Waals surface area contributed by atoms with Gasteiger partial charge in [-0.3, -0.25) is 9.59 Å². The molecule has 5 nitrogen and oxygen atoms in total. The van der Waals surface area contributed by atoms with E-state index < -0.39 is 0 Å². The molecule has 1 aliphatic heterocycles. The summed E-state index contributed by atoms with van der Waals surface area (Å²) in [4.78, 5) is 25.2. The number of nitrogens with one attached hydrogen (secondary N) is 1. The average Bonchev–Trinajstić information content (AvgIpc) is 2.44. The molecule has 0 aliphatic carbocycles. The minimum Gasteiger partial charge on any atom is -0.659 e. The molecule has 0 bridgehead atoms. The number of carbonyl (C=O) groups is 2. The molecule has 1 radical (unpaired) electrons. The summed E-state index contributed by atoms with van der Waals surface area (Å²) in [5, 5.41) is 7.10. The van der Waals surface area contributed by atoms with Gasteiger partial charge in [-0.15, -0.1) is 13.1 Å². The summed E-state index contributed by atoms with van der Waals surface area (Å²) in [6.07, 6.45) is 4.92. The van der Waals surface area contributed by atoms with Crippen molar-refractivity contribution in [1.82, 2.24) is 10.2 Å². The first-order valence-electron chi connectivity index (χ1n) is 7.41. The zero-order valence-corrected chi connectivity index (χ0v) is 13.8. The van der Waals surface area contributed by atoms with Crippen LogP contribution in [-0.4, -0.2) is 49.4 Å². The maximum absolute atomic E-state index is 11.8. The molecule has 20 heavy (non-hydrogen) atoms. The summed E-state index contributed by atoms with van der Waals surface area (Å²) in [6.45, 7) is 5.88. The largest absolute Gasteiger partial charge is 0.659 e. The zero-order valence-electron chi connectivity index (χ0n) is 12.4. The molecule has 1 aliphatic rings. The second-order valence-corrected chi connectivity index (χ2v) is 4.96. The number of piperazine rings is 1. The molecule has 0 atom stereocenters. The van der Waals surface area contributed by atoms with Crippen LogP contribution in [0.1, 0.15) is 45.4 Å². The minimum atomic E-state index is 0. The van der Waals surface area contributed by atoms with E-state index in [1.165, 1.54) is 0 Å². The molecule has 1 fully saturated rings. The van der Waals surface area contributed by atoms with Crippen molar-refractivity contribution < 1.29 is 28.1 Å². The molecule has 0 aromatic heterocycles. The van der Waals surface area contributed by atoms with Crippen molar-refractivity contribution >= 4 is 11.8 Å². The molecule has 2 amide bonds. The van der Waals surface area contributed by atoms with Crippen molar-refractivity contribution in [2.45, 2.75) is 45.4 Å². The second-order valence-electron chi connectivity index (χ2n) is 4.96. The van der Waals surface area contributed by atoms with Crippen LogP contribution in [0.15, 0.2) is 0 Å². The van der Waals surface area contributed by atoms with Crippen LogP contribution in [0.5, 0.6) is 0 Å². The van der Waals surface area contributed by atoms with Gasteiger partial charge in [0, 0.05) is 51.0 Å². The predicted octanol–water partition coefficient (Wildman–Crippen LogP) is 1.68. The van der Waals surface area contributed by atoms with Crippen molar-refractivity contribution in [2.75, 3.05) is 32.7 Å². The molecule has 0 unspecified atom stereocenters. The number of amides is 2. The number of carbonyl (C=O) groups excluding carboxylic acids is 2. The van der Waals surface area contributed by atoms with Crippen LogP contribution < -0.4 is 5.32 Å². The topological polar surface area (TPSA) is 63.5 Å². The van der Waals surface area contributed by atoms with Gasteiger partial charge in [0.2, 0.25) is 11.8 Å². The first kappa shape index (κ1) is 19.5. The average molecular weight is 319 g/mol. The van der Waals surface area contributed by atoms with Gasteiger partial charge < -0.3 is 15.5 Å². The Bertz CT molecular complexity index is 282. The molecule has 0 aromatic rings. The molecule has 0 spiro atoms. The van der Waals surface area contributed by atoms with E-state index in [1.54, 1.807) is 0 Å². The van der Waals surface area contributed by atoms with Gasteiger partial charge in [-0.25, -0.2) is 0 Å². The van der Waals surface area contributed by atoms with Crippen molar-refractivity contribution in [2.24, 2.45) is 0 Å². The van der Waals surface area contributed by atoms with Crippen LogP contribution in [0.4, 0.5) is 0 Å². The van der Waals surface area contributed by atoms with E-state index in [-0.39, 0.29) is 30.4 Å². The van der Waals surface area contributed by atoms with E-state index in [9.17, 15) is 9.59 Å². The van der Waals surface area contributed by atoms with E-state index in [4.69, 9.17) is 0 Å². The summed E-state index contributed by atoms with van der Waals surface area (Å²) in [5.41, 5.74) is 0. The van der Waals surface area contributed by atoms with Gasteiger partial charge in [-0.2, -0.15) is 0 Å². The Balaban J connectivity index is 0.00000361. The molecule has 0 aromatic carbocycles. The van der Waals surface area contributed by atoms with Crippen LogP contribution in [-0.2, 0) is 28.1 Å². The normalized spacial score (nSPS) is 14.6. The van der Waals surface area contributed by atoms with E-state index in [0.29, 0.717) is 19.3 Å². The Hall–Kier alpha value is -0.516. The molecule has 1 N–H and O–H groups in total. The quantitative estimate of drug-likeness (QED) is 0.692. The summed E-state index contributed by atoms with van der Waals surface area (Å²) >= 11 is 0. The second kappa shape index (κ2) is 12.2. The summed E-state index contributed by atoms with van der Waals surface area (Å²) in [6, 6.07) is 0. The third-order valence-corrected chi connectivity index (χ3v) is 3.31. The summed E-state index contributed by atoms with van der Waals surface area (Å²) in [5.74, 6) is 0.228. The Morgan fingerprint density at radius 3 is 2.45 bits per heavy atom. The van der Waals surface area contributed by atoms with Crippen LogP contribution in [0, 0.1) is 0 Å². The van der Waals surface area contributed by atoms with Crippen LogP contribution in [0.2, 0.25) is 0 Å². The number of nitrogens with zero attached hydrogens (tertiary/aromatic N) is 2. The molecule has 6 heteroatoms. The SMILES string of the molecule is CCCCCNC(=O)CCCC(=O)N1CC[N-]CC1.[V]. The van der Waals surface area contributed by atoms with Crippen LogP contribution in [0.3, 0.4) is 0 Å². The van der Waals surface area contributed by atoms with Gasteiger partial charge in [-0.1, -0.05) is 19.8 Å². The molecule has 1 saturated heterocycles. The van der Waals surface area contributed by atoms with Gasteiger partial charge in [0.15, 0.2) is 0 Å². The Morgan fingerprint density at radius 2 is 1.80 bits per heavy atom. The fourth-order valence-electron chi connectivity index (χ4n) is 2.11. The summed E-state index contributed by atoms with van der Waals surface area (Å²) < 4.78 is 0. The Kier molecular flexibility index (Phi) is 11.9. The van der Waals surface area contributed by atoms with Gasteiger partial charge in [-0.05, 0) is 12.8 Å². The van der Waals surface area contributed by atoms with Crippen LogP contribution in [0.25, 0.3) is 5.32 Å². The third kappa shape index (κ3) is 8.61. The first-order chi connectivity index (χ1) is 9.24. The van der Waals surface area contributed by atoms with E-state index >= 15 is 0 Å². The van der Waals surface area contributed by atoms with E-state index in [2.05, 4.69) is 17.6 Å². The van der Waals surface area contributed by atoms with E-state index in [1.807, 2.05) is 4.90 Å².